The maximum Gasteiger partial charge on any atom is 0.490 e. The Bertz CT molecular complexity index is 985. The highest BCUT2D eigenvalue weighted by molar-refractivity contribution is 7.89. The minimum absolute atomic E-state index is 0.0154. The molecule has 218 valence electrons. The predicted octanol–water partition coefficient (Wildman–Crippen LogP) is 2.80. The highest BCUT2D eigenvalue weighted by Gasteiger charge is 2.43. The van der Waals surface area contributed by atoms with Gasteiger partial charge >= 0.3 is 24.3 Å². The molecule has 1 spiro atoms. The number of likely N-dealkylation sites (tertiary alicyclic amines) is 1. The van der Waals surface area contributed by atoms with Crippen LogP contribution in [-0.4, -0.2) is 89.9 Å². The third-order valence-electron chi connectivity index (χ3n) is 5.50. The normalized spacial score (nSPS) is 22.1. The standard InChI is InChI=1S/C17H27N3O3S.2C2HF3O2/c1-2-24(21,22)19-12-16-6-3-7-17(23-16)8-10-20(14-17)13-15-5-4-9-18-11-15;2*3-2(4,5)1(6)7/h4-5,9,11,16,19H,2-3,6-8,10,12-14H2,1H3;2*(H,6,7)/t16-,17-;;/m1../s1. The summed E-state index contributed by atoms with van der Waals surface area (Å²) in [6.45, 7) is 4.87. The van der Waals surface area contributed by atoms with Crippen LogP contribution in [0.25, 0.3) is 0 Å². The van der Waals surface area contributed by atoms with Gasteiger partial charge in [-0.15, -0.1) is 0 Å². The van der Waals surface area contributed by atoms with E-state index in [1.807, 2.05) is 12.3 Å². The molecule has 0 unspecified atom stereocenters. The van der Waals surface area contributed by atoms with Gasteiger partial charge in [0.15, 0.2) is 0 Å². The summed E-state index contributed by atoms with van der Waals surface area (Å²) < 4.78 is 95.8. The van der Waals surface area contributed by atoms with Crippen LogP contribution in [0.1, 0.15) is 38.2 Å². The second-order valence-corrected chi connectivity index (χ2v) is 10.6. The van der Waals surface area contributed by atoms with E-state index in [1.165, 1.54) is 5.56 Å². The number of aliphatic carboxylic acids is 2. The van der Waals surface area contributed by atoms with Crippen molar-refractivity contribution in [3.8, 4) is 0 Å². The van der Waals surface area contributed by atoms with Crippen molar-refractivity contribution in [2.24, 2.45) is 0 Å². The third kappa shape index (κ3) is 12.4. The monoisotopic (exact) mass is 581 g/mol. The zero-order valence-corrected chi connectivity index (χ0v) is 21.1. The van der Waals surface area contributed by atoms with Crippen LogP contribution in [0.15, 0.2) is 24.5 Å². The summed E-state index contributed by atoms with van der Waals surface area (Å²) in [5.74, 6) is -5.40. The molecule has 3 heterocycles. The van der Waals surface area contributed by atoms with Crippen LogP contribution in [0.4, 0.5) is 26.3 Å². The Labute approximate surface area is 215 Å². The Kier molecular flexibility index (Phi) is 12.4. The fraction of sp³-hybridized carbons (Fsp3) is 0.667. The van der Waals surface area contributed by atoms with Crippen LogP contribution in [0.5, 0.6) is 0 Å². The lowest BCUT2D eigenvalue weighted by Gasteiger charge is -2.39. The molecule has 17 heteroatoms. The highest BCUT2D eigenvalue weighted by atomic mass is 32.2. The largest absolute Gasteiger partial charge is 0.490 e. The molecular formula is C21H29F6N3O7S. The second kappa shape index (κ2) is 14.0. The summed E-state index contributed by atoms with van der Waals surface area (Å²) in [6.07, 6.45) is -2.37. The van der Waals surface area contributed by atoms with Crippen molar-refractivity contribution < 1.29 is 59.3 Å². The van der Waals surface area contributed by atoms with Crippen LogP contribution >= 0.6 is 0 Å². The molecule has 3 N–H and O–H groups in total. The number of pyridine rings is 1. The molecule has 0 saturated carbocycles. The lowest BCUT2D eigenvalue weighted by molar-refractivity contribution is -0.193. The molecule has 0 bridgehead atoms. The Morgan fingerprint density at radius 2 is 1.74 bits per heavy atom. The molecule has 0 aromatic carbocycles. The molecule has 2 aliphatic rings. The van der Waals surface area contributed by atoms with Gasteiger partial charge in [-0.3, -0.25) is 9.88 Å². The lowest BCUT2D eigenvalue weighted by Crippen LogP contribution is -2.46. The van der Waals surface area contributed by atoms with Gasteiger partial charge in [-0.05, 0) is 44.2 Å². The molecule has 1 aromatic rings. The first kappa shape index (κ1) is 33.5. The molecule has 0 aliphatic carbocycles. The van der Waals surface area contributed by atoms with Gasteiger partial charge in [0.1, 0.15) is 0 Å². The first-order valence-electron chi connectivity index (χ1n) is 11.3. The van der Waals surface area contributed by atoms with Crippen molar-refractivity contribution in [2.75, 3.05) is 25.4 Å². The van der Waals surface area contributed by atoms with E-state index >= 15 is 0 Å². The number of nitrogens with zero attached hydrogens (tertiary/aromatic N) is 2. The average Bonchev–Trinajstić information content (AvgIpc) is 3.19. The number of halogens is 6. The topological polar surface area (TPSA) is 146 Å². The van der Waals surface area contributed by atoms with Gasteiger partial charge in [0.25, 0.3) is 0 Å². The lowest BCUT2D eigenvalue weighted by atomic mass is 9.90. The van der Waals surface area contributed by atoms with Gasteiger partial charge in [-0.1, -0.05) is 6.07 Å². The SMILES string of the molecule is CCS(=O)(=O)NC[C@H]1CCC[C@]2(CCN(Cc3cccnc3)C2)O1.O=C(O)C(F)(F)F.O=C(O)C(F)(F)F. The fourth-order valence-corrected chi connectivity index (χ4v) is 4.35. The minimum Gasteiger partial charge on any atom is -0.475 e. The first-order valence-corrected chi connectivity index (χ1v) is 12.9. The van der Waals surface area contributed by atoms with Crippen molar-refractivity contribution in [2.45, 2.75) is 63.2 Å². The van der Waals surface area contributed by atoms with E-state index in [0.717, 1.165) is 45.3 Å². The maximum atomic E-state index is 11.6. The molecule has 2 aliphatic heterocycles. The number of alkyl halides is 6. The number of hydrogen-bond donors (Lipinski definition) is 3. The molecule has 1 aromatic heterocycles. The minimum atomic E-state index is -5.08. The summed E-state index contributed by atoms with van der Waals surface area (Å²) in [7, 11) is -3.15. The van der Waals surface area contributed by atoms with E-state index in [4.69, 9.17) is 24.5 Å². The average molecular weight is 582 g/mol. The third-order valence-corrected chi connectivity index (χ3v) is 6.86. The zero-order chi connectivity index (χ0) is 29.2. The summed E-state index contributed by atoms with van der Waals surface area (Å²) in [4.78, 5) is 24.4. The molecule has 10 nitrogen and oxygen atoms in total. The number of ether oxygens (including phenoxy) is 1. The zero-order valence-electron chi connectivity index (χ0n) is 20.3. The number of nitrogens with one attached hydrogen (secondary N) is 1. The van der Waals surface area contributed by atoms with Gasteiger partial charge in [-0.2, -0.15) is 26.3 Å². The van der Waals surface area contributed by atoms with Crippen LogP contribution in [0, 0.1) is 0 Å². The van der Waals surface area contributed by atoms with E-state index in [-0.39, 0.29) is 17.5 Å². The molecule has 2 fully saturated rings. The van der Waals surface area contributed by atoms with E-state index in [1.54, 1.807) is 13.1 Å². The van der Waals surface area contributed by atoms with E-state index in [9.17, 15) is 34.8 Å². The molecule has 0 amide bonds. The maximum absolute atomic E-state index is 11.6. The van der Waals surface area contributed by atoms with Gasteiger partial charge in [0, 0.05) is 38.6 Å². The summed E-state index contributed by atoms with van der Waals surface area (Å²) >= 11 is 0. The number of carboxylic acid groups (broad SMARTS) is 2. The summed E-state index contributed by atoms with van der Waals surface area (Å²) in [6, 6.07) is 4.07. The number of hydrogen-bond acceptors (Lipinski definition) is 7. The number of rotatable bonds is 6. The predicted molar refractivity (Wildman–Crippen MR) is 120 cm³/mol. The van der Waals surface area contributed by atoms with Crippen molar-refractivity contribution in [3.05, 3.63) is 30.1 Å². The number of aromatic nitrogens is 1. The van der Waals surface area contributed by atoms with Crippen molar-refractivity contribution in [1.82, 2.24) is 14.6 Å². The Morgan fingerprint density at radius 1 is 1.16 bits per heavy atom. The molecule has 2 saturated heterocycles. The van der Waals surface area contributed by atoms with Gasteiger partial charge in [0.05, 0.1) is 17.5 Å². The van der Waals surface area contributed by atoms with Gasteiger partial charge in [0.2, 0.25) is 10.0 Å². The van der Waals surface area contributed by atoms with Crippen molar-refractivity contribution in [3.63, 3.8) is 0 Å². The summed E-state index contributed by atoms with van der Waals surface area (Å²) in [5, 5.41) is 14.2. The second-order valence-electron chi connectivity index (χ2n) is 8.49. The molecular weight excluding hydrogens is 552 g/mol. The Morgan fingerprint density at radius 3 is 2.21 bits per heavy atom. The van der Waals surface area contributed by atoms with Gasteiger partial charge < -0.3 is 14.9 Å². The van der Waals surface area contributed by atoms with Crippen LogP contribution in [-0.2, 0) is 30.9 Å². The van der Waals surface area contributed by atoms with Crippen LogP contribution in [0.2, 0.25) is 0 Å². The Hall–Kier alpha value is -2.50. The number of carbonyl (C=O) groups is 2. The smallest absolute Gasteiger partial charge is 0.475 e. The van der Waals surface area contributed by atoms with Crippen molar-refractivity contribution >= 4 is 22.0 Å². The quantitative estimate of drug-likeness (QED) is 0.432. The molecule has 38 heavy (non-hydrogen) atoms. The van der Waals surface area contributed by atoms with E-state index in [0.29, 0.717) is 6.54 Å². The first-order chi connectivity index (χ1) is 17.4. The summed E-state index contributed by atoms with van der Waals surface area (Å²) in [5.41, 5.74) is 1.11. The van der Waals surface area contributed by atoms with Crippen molar-refractivity contribution in [1.29, 1.82) is 0 Å². The van der Waals surface area contributed by atoms with E-state index in [2.05, 4.69) is 20.7 Å². The number of carboxylic acids is 2. The Balaban J connectivity index is 0.000000426. The molecule has 0 radical (unpaired) electrons. The molecule has 3 rings (SSSR count). The van der Waals surface area contributed by atoms with Gasteiger partial charge in [-0.25, -0.2) is 22.7 Å². The molecule has 2 atom stereocenters. The number of sulfonamides is 1. The van der Waals surface area contributed by atoms with Crippen LogP contribution < -0.4 is 4.72 Å². The van der Waals surface area contributed by atoms with Crippen LogP contribution in [0.3, 0.4) is 0 Å². The highest BCUT2D eigenvalue weighted by Crippen LogP contribution is 2.37. The van der Waals surface area contributed by atoms with E-state index < -0.39 is 34.3 Å². The fourth-order valence-electron chi connectivity index (χ4n) is 3.70.